The number of rotatable bonds is 5. The number of halogens is 1. The highest BCUT2D eigenvalue weighted by molar-refractivity contribution is 5.57. The molecule has 0 spiro atoms. The van der Waals surface area contributed by atoms with Crippen LogP contribution in [0.25, 0.3) is 0 Å². The van der Waals surface area contributed by atoms with Crippen molar-refractivity contribution in [2.75, 3.05) is 10.6 Å². The summed E-state index contributed by atoms with van der Waals surface area (Å²) in [5.74, 6) is 1.01. The topological polar surface area (TPSA) is 49.8 Å². The van der Waals surface area contributed by atoms with E-state index in [4.69, 9.17) is 0 Å². The number of nitrogens with one attached hydrogen (secondary N) is 2. The van der Waals surface area contributed by atoms with Gasteiger partial charge in [-0.1, -0.05) is 18.2 Å². The lowest BCUT2D eigenvalue weighted by atomic mass is 10.1. The normalized spacial score (nSPS) is 10.5. The fraction of sp³-hybridized carbons (Fsp3) is 0.158. The highest BCUT2D eigenvalue weighted by Gasteiger charge is 2.02. The lowest BCUT2D eigenvalue weighted by molar-refractivity contribution is 0.627. The third kappa shape index (κ3) is 4.29. The van der Waals surface area contributed by atoms with Gasteiger partial charge in [-0.2, -0.15) is 4.98 Å². The lowest BCUT2D eigenvalue weighted by Gasteiger charge is -2.10. The van der Waals surface area contributed by atoms with Crippen molar-refractivity contribution >= 4 is 17.5 Å². The molecule has 0 saturated carbocycles. The average molecular weight is 322 g/mol. The van der Waals surface area contributed by atoms with Crippen LogP contribution in [0.15, 0.2) is 54.7 Å². The van der Waals surface area contributed by atoms with Crippen LogP contribution in [-0.4, -0.2) is 9.97 Å². The minimum atomic E-state index is -0.235. The Morgan fingerprint density at radius 3 is 2.38 bits per heavy atom. The van der Waals surface area contributed by atoms with Crippen LogP contribution in [0.5, 0.6) is 0 Å². The standard InChI is InChI=1S/C19H19FN4/c1-13-9-14(2)11-17(10-13)23-19-21-8-7-18(24-19)22-12-15-3-5-16(20)6-4-15/h3-11H,12H2,1-2H3,(H2,21,22,23,24). The van der Waals surface area contributed by atoms with Gasteiger partial charge in [0.15, 0.2) is 0 Å². The Balaban J connectivity index is 1.68. The van der Waals surface area contributed by atoms with Crippen molar-refractivity contribution in [2.45, 2.75) is 20.4 Å². The Hall–Kier alpha value is -2.95. The molecule has 0 aliphatic rings. The van der Waals surface area contributed by atoms with E-state index in [1.807, 2.05) is 0 Å². The molecular weight excluding hydrogens is 303 g/mol. The van der Waals surface area contributed by atoms with Crippen LogP contribution in [0.4, 0.5) is 21.8 Å². The molecule has 0 bridgehead atoms. The van der Waals surface area contributed by atoms with Gasteiger partial charge in [0.25, 0.3) is 0 Å². The van der Waals surface area contributed by atoms with Gasteiger partial charge in [0.1, 0.15) is 11.6 Å². The van der Waals surface area contributed by atoms with E-state index in [-0.39, 0.29) is 5.82 Å². The van der Waals surface area contributed by atoms with Crippen molar-refractivity contribution in [3.8, 4) is 0 Å². The molecule has 0 aliphatic heterocycles. The summed E-state index contributed by atoms with van der Waals surface area (Å²) in [4.78, 5) is 8.70. The number of anilines is 3. The number of benzene rings is 2. The van der Waals surface area contributed by atoms with Crippen molar-refractivity contribution in [3.63, 3.8) is 0 Å². The summed E-state index contributed by atoms with van der Waals surface area (Å²) in [6.45, 7) is 4.68. The molecule has 4 nitrogen and oxygen atoms in total. The summed E-state index contributed by atoms with van der Waals surface area (Å²) >= 11 is 0. The number of nitrogens with zero attached hydrogens (tertiary/aromatic N) is 2. The maximum absolute atomic E-state index is 12.9. The van der Waals surface area contributed by atoms with E-state index in [1.54, 1.807) is 24.4 Å². The summed E-state index contributed by atoms with van der Waals surface area (Å²) in [5, 5.41) is 6.44. The minimum absolute atomic E-state index is 0.235. The van der Waals surface area contributed by atoms with Gasteiger partial charge in [-0.05, 0) is 60.9 Å². The van der Waals surface area contributed by atoms with Crippen LogP contribution in [0, 0.1) is 19.7 Å². The van der Waals surface area contributed by atoms with Crippen LogP contribution < -0.4 is 10.6 Å². The van der Waals surface area contributed by atoms with Crippen LogP contribution >= 0.6 is 0 Å². The lowest BCUT2D eigenvalue weighted by Crippen LogP contribution is -2.04. The highest BCUT2D eigenvalue weighted by Crippen LogP contribution is 2.18. The second kappa shape index (κ2) is 7.08. The molecule has 0 aliphatic carbocycles. The Morgan fingerprint density at radius 2 is 1.67 bits per heavy atom. The zero-order valence-corrected chi connectivity index (χ0v) is 13.7. The molecule has 0 atom stereocenters. The van der Waals surface area contributed by atoms with Crippen LogP contribution in [-0.2, 0) is 6.54 Å². The van der Waals surface area contributed by atoms with Crippen molar-refractivity contribution in [1.29, 1.82) is 0 Å². The number of aryl methyl sites for hydroxylation is 2. The van der Waals surface area contributed by atoms with E-state index in [9.17, 15) is 4.39 Å². The smallest absolute Gasteiger partial charge is 0.229 e. The van der Waals surface area contributed by atoms with Gasteiger partial charge < -0.3 is 10.6 Å². The maximum atomic E-state index is 12.9. The van der Waals surface area contributed by atoms with Crippen molar-refractivity contribution in [2.24, 2.45) is 0 Å². The Kier molecular flexibility index (Phi) is 4.70. The fourth-order valence-electron chi connectivity index (χ4n) is 2.49. The van der Waals surface area contributed by atoms with Gasteiger partial charge in [-0.3, -0.25) is 0 Å². The summed E-state index contributed by atoms with van der Waals surface area (Å²) in [6.07, 6.45) is 1.70. The molecule has 5 heteroatoms. The Labute approximate surface area is 140 Å². The van der Waals surface area contributed by atoms with E-state index in [0.29, 0.717) is 18.3 Å². The summed E-state index contributed by atoms with van der Waals surface area (Å²) in [6, 6.07) is 14.4. The molecule has 0 fully saturated rings. The van der Waals surface area contributed by atoms with Gasteiger partial charge >= 0.3 is 0 Å². The molecule has 0 unspecified atom stereocenters. The maximum Gasteiger partial charge on any atom is 0.229 e. The van der Waals surface area contributed by atoms with E-state index in [0.717, 1.165) is 11.3 Å². The summed E-state index contributed by atoms with van der Waals surface area (Å²) in [7, 11) is 0. The van der Waals surface area contributed by atoms with Crippen molar-refractivity contribution < 1.29 is 4.39 Å². The zero-order valence-electron chi connectivity index (χ0n) is 13.7. The van der Waals surface area contributed by atoms with Gasteiger partial charge in [-0.25, -0.2) is 9.37 Å². The molecule has 0 radical (unpaired) electrons. The number of aromatic nitrogens is 2. The van der Waals surface area contributed by atoms with Gasteiger partial charge in [0.2, 0.25) is 5.95 Å². The average Bonchev–Trinajstić information content (AvgIpc) is 2.54. The zero-order chi connectivity index (χ0) is 16.9. The predicted molar refractivity (Wildman–Crippen MR) is 95.0 cm³/mol. The molecule has 122 valence electrons. The van der Waals surface area contributed by atoms with Crippen LogP contribution in [0.3, 0.4) is 0 Å². The van der Waals surface area contributed by atoms with Gasteiger partial charge in [0.05, 0.1) is 0 Å². The second-order valence-corrected chi connectivity index (χ2v) is 5.75. The van der Waals surface area contributed by atoms with Crippen LogP contribution in [0.2, 0.25) is 0 Å². The predicted octanol–water partition coefficient (Wildman–Crippen LogP) is 4.59. The molecule has 0 amide bonds. The van der Waals surface area contributed by atoms with Crippen LogP contribution in [0.1, 0.15) is 16.7 Å². The third-order valence-electron chi connectivity index (χ3n) is 3.52. The van der Waals surface area contributed by atoms with E-state index >= 15 is 0 Å². The SMILES string of the molecule is Cc1cc(C)cc(Nc2nccc(NCc3ccc(F)cc3)n2)c1. The largest absolute Gasteiger partial charge is 0.366 e. The second-order valence-electron chi connectivity index (χ2n) is 5.75. The quantitative estimate of drug-likeness (QED) is 0.721. The van der Waals surface area contributed by atoms with E-state index in [2.05, 4.69) is 52.6 Å². The summed E-state index contributed by atoms with van der Waals surface area (Å²) < 4.78 is 12.9. The van der Waals surface area contributed by atoms with Gasteiger partial charge in [0, 0.05) is 18.4 Å². The first-order valence-electron chi connectivity index (χ1n) is 7.75. The molecule has 0 saturated heterocycles. The fourth-order valence-corrected chi connectivity index (χ4v) is 2.49. The Bertz CT molecular complexity index is 811. The Morgan fingerprint density at radius 1 is 0.958 bits per heavy atom. The van der Waals surface area contributed by atoms with Crippen molar-refractivity contribution in [1.82, 2.24) is 9.97 Å². The molecule has 3 rings (SSSR count). The highest BCUT2D eigenvalue weighted by atomic mass is 19.1. The van der Waals surface area contributed by atoms with Gasteiger partial charge in [-0.15, -0.1) is 0 Å². The molecule has 2 aromatic carbocycles. The molecule has 24 heavy (non-hydrogen) atoms. The molecule has 2 N–H and O–H groups in total. The first kappa shape index (κ1) is 15.9. The molecule has 1 heterocycles. The summed E-state index contributed by atoms with van der Waals surface area (Å²) in [5.41, 5.74) is 4.31. The first-order chi connectivity index (χ1) is 11.6. The first-order valence-corrected chi connectivity index (χ1v) is 7.75. The number of hydrogen-bond donors (Lipinski definition) is 2. The monoisotopic (exact) mass is 322 g/mol. The third-order valence-corrected chi connectivity index (χ3v) is 3.52. The van der Waals surface area contributed by atoms with E-state index < -0.39 is 0 Å². The molecular formula is C19H19FN4. The molecule has 3 aromatic rings. The molecule has 1 aromatic heterocycles. The van der Waals surface area contributed by atoms with Crippen molar-refractivity contribution in [3.05, 3.63) is 77.2 Å². The number of hydrogen-bond acceptors (Lipinski definition) is 4. The minimum Gasteiger partial charge on any atom is -0.366 e. The van der Waals surface area contributed by atoms with E-state index in [1.165, 1.54) is 23.3 Å².